The van der Waals surface area contributed by atoms with Crippen LogP contribution >= 0.6 is 0 Å². The van der Waals surface area contributed by atoms with E-state index in [0.717, 1.165) is 13.1 Å². The molecule has 1 atom stereocenters. The van der Waals surface area contributed by atoms with E-state index in [0.29, 0.717) is 17.7 Å². The Bertz CT molecular complexity index is 360. The molecule has 1 aromatic carbocycles. The number of hydrogen-bond donors (Lipinski definition) is 2. The second-order valence-electron chi connectivity index (χ2n) is 3.81. The van der Waals surface area contributed by atoms with Crippen LogP contribution in [0.5, 0.6) is 0 Å². The molecule has 0 spiro atoms. The van der Waals surface area contributed by atoms with Crippen LogP contribution in [0, 0.1) is 18.6 Å². The summed E-state index contributed by atoms with van der Waals surface area (Å²) in [5, 5.41) is 6.30. The summed E-state index contributed by atoms with van der Waals surface area (Å²) in [4.78, 5) is 0. The van der Waals surface area contributed by atoms with Crippen molar-refractivity contribution in [3.8, 4) is 0 Å². The van der Waals surface area contributed by atoms with Gasteiger partial charge in [0, 0.05) is 31.2 Å². The summed E-state index contributed by atoms with van der Waals surface area (Å²) in [5.74, 6) is -1.46. The third kappa shape index (κ3) is 2.01. The van der Waals surface area contributed by atoms with Gasteiger partial charge in [0.25, 0.3) is 0 Å². The number of rotatable bonds is 1. The average molecular weight is 212 g/mol. The Morgan fingerprint density at radius 2 is 2.00 bits per heavy atom. The minimum Gasteiger partial charge on any atom is -0.314 e. The fraction of sp³-hybridized carbons (Fsp3) is 0.455. The molecular formula is C11H14F2N2. The zero-order valence-electron chi connectivity index (χ0n) is 8.61. The molecule has 82 valence electrons. The van der Waals surface area contributed by atoms with E-state index >= 15 is 0 Å². The largest absolute Gasteiger partial charge is 0.314 e. The van der Waals surface area contributed by atoms with Crippen molar-refractivity contribution in [1.29, 1.82) is 0 Å². The highest BCUT2D eigenvalue weighted by molar-refractivity contribution is 5.28. The smallest absolute Gasteiger partial charge is 0.163 e. The lowest BCUT2D eigenvalue weighted by Crippen LogP contribution is -2.43. The van der Waals surface area contributed by atoms with Gasteiger partial charge in [-0.15, -0.1) is 0 Å². The Kier molecular flexibility index (Phi) is 2.98. The Balaban J connectivity index is 2.31. The van der Waals surface area contributed by atoms with E-state index in [9.17, 15) is 8.78 Å². The first-order chi connectivity index (χ1) is 7.20. The number of nitrogens with one attached hydrogen (secondary N) is 2. The van der Waals surface area contributed by atoms with Gasteiger partial charge in [0.05, 0.1) is 0 Å². The maximum atomic E-state index is 13.6. The van der Waals surface area contributed by atoms with Crippen molar-refractivity contribution in [1.82, 2.24) is 10.6 Å². The Morgan fingerprint density at radius 3 is 2.67 bits per heavy atom. The fourth-order valence-corrected chi connectivity index (χ4v) is 1.80. The number of aryl methyl sites for hydroxylation is 1. The molecule has 2 nitrogen and oxygen atoms in total. The molecule has 0 unspecified atom stereocenters. The van der Waals surface area contributed by atoms with Gasteiger partial charge in [-0.2, -0.15) is 0 Å². The molecule has 1 aromatic rings. The summed E-state index contributed by atoms with van der Waals surface area (Å²) in [6.45, 7) is 3.85. The van der Waals surface area contributed by atoms with Gasteiger partial charge in [0.1, 0.15) is 0 Å². The van der Waals surface area contributed by atoms with Crippen LogP contribution in [0.15, 0.2) is 12.1 Å². The van der Waals surface area contributed by atoms with Gasteiger partial charge in [0.2, 0.25) is 0 Å². The molecule has 4 heteroatoms. The van der Waals surface area contributed by atoms with E-state index in [-0.39, 0.29) is 6.04 Å². The van der Waals surface area contributed by atoms with Crippen molar-refractivity contribution >= 4 is 0 Å². The summed E-state index contributed by atoms with van der Waals surface area (Å²) >= 11 is 0. The first-order valence-corrected chi connectivity index (χ1v) is 5.08. The Hall–Kier alpha value is -1.00. The zero-order chi connectivity index (χ0) is 10.8. The highest BCUT2D eigenvalue weighted by Crippen LogP contribution is 2.22. The maximum absolute atomic E-state index is 13.6. The lowest BCUT2D eigenvalue weighted by molar-refractivity contribution is 0.405. The highest BCUT2D eigenvalue weighted by atomic mass is 19.2. The molecule has 0 saturated carbocycles. The molecule has 15 heavy (non-hydrogen) atoms. The quantitative estimate of drug-likeness (QED) is 0.737. The van der Waals surface area contributed by atoms with E-state index in [1.165, 1.54) is 0 Å². The van der Waals surface area contributed by atoms with Crippen molar-refractivity contribution < 1.29 is 8.78 Å². The summed E-state index contributed by atoms with van der Waals surface area (Å²) in [6.07, 6.45) is 0. The minimum absolute atomic E-state index is 0.131. The molecule has 1 heterocycles. The summed E-state index contributed by atoms with van der Waals surface area (Å²) < 4.78 is 26.9. The van der Waals surface area contributed by atoms with Crippen LogP contribution in [0.3, 0.4) is 0 Å². The SMILES string of the molecule is Cc1ccc([C@@H]2CNCCN2)c(F)c1F. The van der Waals surface area contributed by atoms with Crippen molar-refractivity contribution in [2.75, 3.05) is 19.6 Å². The minimum atomic E-state index is -0.736. The van der Waals surface area contributed by atoms with Crippen LogP contribution in [-0.2, 0) is 0 Å². The third-order valence-corrected chi connectivity index (χ3v) is 2.72. The van der Waals surface area contributed by atoms with Crippen LogP contribution in [-0.4, -0.2) is 19.6 Å². The molecule has 0 aliphatic carbocycles. The molecule has 1 saturated heterocycles. The summed E-state index contributed by atoms with van der Waals surface area (Å²) in [6, 6.07) is 3.14. The standard InChI is InChI=1S/C11H14F2N2/c1-7-2-3-8(11(13)10(7)12)9-6-14-4-5-15-9/h2-3,9,14-15H,4-6H2,1H3/t9-/m0/s1. The van der Waals surface area contributed by atoms with Gasteiger partial charge < -0.3 is 10.6 Å². The van der Waals surface area contributed by atoms with Crippen LogP contribution in [0.2, 0.25) is 0 Å². The van der Waals surface area contributed by atoms with Crippen LogP contribution in [0.1, 0.15) is 17.2 Å². The summed E-state index contributed by atoms with van der Waals surface area (Å²) in [5.41, 5.74) is 0.755. The zero-order valence-corrected chi connectivity index (χ0v) is 8.61. The monoisotopic (exact) mass is 212 g/mol. The van der Waals surface area contributed by atoms with Gasteiger partial charge in [-0.3, -0.25) is 0 Å². The van der Waals surface area contributed by atoms with Gasteiger partial charge in [0.15, 0.2) is 11.6 Å². The van der Waals surface area contributed by atoms with Crippen molar-refractivity contribution in [3.05, 3.63) is 34.9 Å². The lowest BCUT2D eigenvalue weighted by atomic mass is 10.0. The van der Waals surface area contributed by atoms with Crippen LogP contribution in [0.25, 0.3) is 0 Å². The number of hydrogen-bond acceptors (Lipinski definition) is 2. The van der Waals surface area contributed by atoms with E-state index in [1.807, 2.05) is 0 Å². The molecule has 0 amide bonds. The van der Waals surface area contributed by atoms with Crippen molar-refractivity contribution in [2.24, 2.45) is 0 Å². The van der Waals surface area contributed by atoms with E-state index in [4.69, 9.17) is 0 Å². The highest BCUT2D eigenvalue weighted by Gasteiger charge is 2.20. The van der Waals surface area contributed by atoms with Crippen LogP contribution < -0.4 is 10.6 Å². The first kappa shape index (κ1) is 10.5. The fourth-order valence-electron chi connectivity index (χ4n) is 1.80. The molecule has 1 aliphatic rings. The van der Waals surface area contributed by atoms with Gasteiger partial charge in [-0.1, -0.05) is 12.1 Å². The van der Waals surface area contributed by atoms with Crippen molar-refractivity contribution in [3.63, 3.8) is 0 Å². The number of halogens is 2. The molecule has 0 radical (unpaired) electrons. The van der Waals surface area contributed by atoms with Gasteiger partial charge in [-0.25, -0.2) is 8.78 Å². The molecule has 1 fully saturated rings. The normalized spacial score (nSPS) is 21.7. The molecule has 2 rings (SSSR count). The predicted octanol–water partition coefficient (Wildman–Crippen LogP) is 1.51. The molecular weight excluding hydrogens is 198 g/mol. The molecule has 0 bridgehead atoms. The molecule has 1 aliphatic heterocycles. The van der Waals surface area contributed by atoms with E-state index in [1.54, 1.807) is 19.1 Å². The van der Waals surface area contributed by atoms with Gasteiger partial charge in [-0.05, 0) is 12.5 Å². The van der Waals surface area contributed by atoms with E-state index in [2.05, 4.69) is 10.6 Å². The predicted molar refractivity (Wildman–Crippen MR) is 54.7 cm³/mol. The second kappa shape index (κ2) is 4.24. The number of benzene rings is 1. The lowest BCUT2D eigenvalue weighted by Gasteiger charge is -2.25. The average Bonchev–Trinajstić information content (AvgIpc) is 2.27. The Labute approximate surface area is 87.7 Å². The van der Waals surface area contributed by atoms with Crippen molar-refractivity contribution in [2.45, 2.75) is 13.0 Å². The Morgan fingerprint density at radius 1 is 1.20 bits per heavy atom. The summed E-state index contributed by atoms with van der Waals surface area (Å²) in [7, 11) is 0. The topological polar surface area (TPSA) is 24.1 Å². The molecule has 2 N–H and O–H groups in total. The van der Waals surface area contributed by atoms with Crippen LogP contribution in [0.4, 0.5) is 8.78 Å². The maximum Gasteiger partial charge on any atom is 0.163 e. The van der Waals surface area contributed by atoms with E-state index < -0.39 is 11.6 Å². The third-order valence-electron chi connectivity index (χ3n) is 2.72. The second-order valence-corrected chi connectivity index (χ2v) is 3.81. The number of piperazine rings is 1. The first-order valence-electron chi connectivity index (χ1n) is 5.08. The van der Waals surface area contributed by atoms with Gasteiger partial charge >= 0.3 is 0 Å². The molecule has 0 aromatic heterocycles.